The zero-order chi connectivity index (χ0) is 19.1. The number of hydrazone groups is 1. The van der Waals surface area contributed by atoms with Gasteiger partial charge in [-0.1, -0.05) is 51.3 Å². The molecule has 2 atom stereocenters. The number of carbonyl (C=O) groups excluding carboxylic acids is 3. The molecule has 0 bridgehead atoms. The molecule has 154 valence electrons. The van der Waals surface area contributed by atoms with Gasteiger partial charge < -0.3 is 10.2 Å². The standard InChI is InChI=1S/C18H30N4O3S.ClH/c1-4-12(2)14(19-16(24)13-8-6-5-7-9-13)15(23)17(25)20-21-18-22(3)10-11-26-18;/h12-14H,4-11H2,1-3H3,(H,19,24)(H,20,25);1H/b21-18-;/t12?,14-;/m0./s1. The largest absolute Gasteiger partial charge is 0.352 e. The minimum absolute atomic E-state index is 0. The first-order valence-corrected chi connectivity index (χ1v) is 10.5. The van der Waals surface area contributed by atoms with Crippen molar-refractivity contribution in [2.75, 3.05) is 19.3 Å². The molecule has 1 aliphatic carbocycles. The highest BCUT2D eigenvalue weighted by Gasteiger charge is 2.33. The number of Topliss-reactive ketones (excluding diaryl/α,β-unsaturated/α-hetero) is 1. The fourth-order valence-electron chi connectivity index (χ4n) is 3.23. The number of halogens is 1. The van der Waals surface area contributed by atoms with Gasteiger partial charge in [-0.05, 0) is 18.8 Å². The second-order valence-corrected chi connectivity index (χ2v) is 8.24. The molecule has 1 aliphatic heterocycles. The Hall–Kier alpha value is -1.28. The van der Waals surface area contributed by atoms with E-state index in [1.165, 1.54) is 11.8 Å². The number of nitrogens with zero attached hydrogens (tertiary/aromatic N) is 2. The van der Waals surface area contributed by atoms with Gasteiger partial charge in [-0.2, -0.15) is 0 Å². The Morgan fingerprint density at radius 3 is 2.48 bits per heavy atom. The van der Waals surface area contributed by atoms with E-state index >= 15 is 0 Å². The molecule has 1 unspecified atom stereocenters. The summed E-state index contributed by atoms with van der Waals surface area (Å²) in [5.41, 5.74) is 2.35. The van der Waals surface area contributed by atoms with Gasteiger partial charge in [0.05, 0.1) is 6.04 Å². The van der Waals surface area contributed by atoms with Gasteiger partial charge in [-0.3, -0.25) is 14.4 Å². The molecule has 1 heterocycles. The van der Waals surface area contributed by atoms with E-state index in [4.69, 9.17) is 0 Å². The molecule has 0 aromatic heterocycles. The third-order valence-corrected chi connectivity index (χ3v) is 6.28. The maximum absolute atomic E-state index is 12.6. The Kier molecular flexibility index (Phi) is 10.2. The molecule has 1 saturated heterocycles. The Morgan fingerprint density at radius 2 is 1.93 bits per heavy atom. The lowest BCUT2D eigenvalue weighted by Crippen LogP contribution is -2.51. The van der Waals surface area contributed by atoms with Crippen molar-refractivity contribution in [2.24, 2.45) is 16.9 Å². The third kappa shape index (κ3) is 6.68. The molecule has 1 saturated carbocycles. The van der Waals surface area contributed by atoms with Crippen LogP contribution in [-0.4, -0.2) is 53.1 Å². The minimum Gasteiger partial charge on any atom is -0.352 e. The van der Waals surface area contributed by atoms with E-state index in [9.17, 15) is 14.4 Å². The summed E-state index contributed by atoms with van der Waals surface area (Å²) in [5, 5.41) is 7.57. The molecule has 2 fully saturated rings. The van der Waals surface area contributed by atoms with Gasteiger partial charge in [-0.15, -0.1) is 17.5 Å². The first-order chi connectivity index (χ1) is 12.4. The van der Waals surface area contributed by atoms with Gasteiger partial charge >= 0.3 is 5.91 Å². The topological polar surface area (TPSA) is 90.9 Å². The van der Waals surface area contributed by atoms with Crippen molar-refractivity contribution >= 4 is 46.9 Å². The van der Waals surface area contributed by atoms with E-state index in [1.807, 2.05) is 25.8 Å². The number of hydrogen-bond donors (Lipinski definition) is 2. The maximum Gasteiger partial charge on any atom is 0.309 e. The van der Waals surface area contributed by atoms with Crippen molar-refractivity contribution in [3.8, 4) is 0 Å². The molecule has 7 nitrogen and oxygen atoms in total. The second-order valence-electron chi connectivity index (χ2n) is 7.18. The molecule has 9 heteroatoms. The number of thioether (sulfide) groups is 1. The first kappa shape index (κ1) is 23.8. The number of rotatable bonds is 7. The quantitative estimate of drug-likeness (QED) is 0.488. The summed E-state index contributed by atoms with van der Waals surface area (Å²) in [7, 11) is 1.89. The lowest BCUT2D eigenvalue weighted by atomic mass is 9.87. The van der Waals surface area contributed by atoms with Crippen LogP contribution in [0.1, 0.15) is 52.4 Å². The zero-order valence-corrected chi connectivity index (χ0v) is 18.0. The van der Waals surface area contributed by atoms with Crippen LogP contribution >= 0.6 is 24.2 Å². The van der Waals surface area contributed by atoms with Gasteiger partial charge in [0.25, 0.3) is 0 Å². The predicted octanol–water partition coefficient (Wildman–Crippen LogP) is 2.15. The number of amides is 2. The van der Waals surface area contributed by atoms with E-state index in [0.717, 1.165) is 44.4 Å². The lowest BCUT2D eigenvalue weighted by molar-refractivity contribution is -0.141. The van der Waals surface area contributed by atoms with Crippen LogP contribution in [0.5, 0.6) is 0 Å². The molecular weight excluding hydrogens is 388 g/mol. The number of nitrogens with one attached hydrogen (secondary N) is 2. The SMILES string of the molecule is CCC(C)[C@H](NC(=O)C1CCCCC1)C(=O)C(=O)N/N=C1\SCCN1C.Cl. The molecule has 0 spiro atoms. The molecule has 2 rings (SSSR count). The summed E-state index contributed by atoms with van der Waals surface area (Å²) in [6.07, 6.45) is 5.66. The van der Waals surface area contributed by atoms with Crippen LogP contribution in [0.15, 0.2) is 5.10 Å². The molecule has 0 aromatic rings. The average molecular weight is 419 g/mol. The van der Waals surface area contributed by atoms with E-state index in [-0.39, 0.29) is 30.2 Å². The highest BCUT2D eigenvalue weighted by Crippen LogP contribution is 2.24. The molecule has 2 amide bonds. The Bertz CT molecular complexity index is 567. The fourth-order valence-corrected chi connectivity index (χ4v) is 4.20. The maximum atomic E-state index is 12.6. The van der Waals surface area contributed by atoms with Crippen LogP contribution in [0.3, 0.4) is 0 Å². The van der Waals surface area contributed by atoms with Crippen molar-refractivity contribution < 1.29 is 14.4 Å². The normalized spacial score (nSPS) is 21.3. The van der Waals surface area contributed by atoms with Gasteiger partial charge in [-0.25, -0.2) is 5.43 Å². The summed E-state index contributed by atoms with van der Waals surface area (Å²) < 4.78 is 0. The van der Waals surface area contributed by atoms with E-state index in [0.29, 0.717) is 11.6 Å². The molecular formula is C18H31ClN4O3S. The van der Waals surface area contributed by atoms with Crippen LogP contribution < -0.4 is 10.7 Å². The van der Waals surface area contributed by atoms with Crippen LogP contribution in [0, 0.1) is 11.8 Å². The Balaban J connectivity index is 0.00000364. The van der Waals surface area contributed by atoms with E-state index in [2.05, 4.69) is 15.8 Å². The van der Waals surface area contributed by atoms with Crippen molar-refractivity contribution in [1.29, 1.82) is 0 Å². The molecule has 27 heavy (non-hydrogen) atoms. The van der Waals surface area contributed by atoms with Crippen molar-refractivity contribution in [1.82, 2.24) is 15.6 Å². The van der Waals surface area contributed by atoms with E-state index in [1.54, 1.807) is 0 Å². The monoisotopic (exact) mass is 418 g/mol. The first-order valence-electron chi connectivity index (χ1n) is 9.50. The minimum atomic E-state index is -0.802. The van der Waals surface area contributed by atoms with Gasteiger partial charge in [0, 0.05) is 25.3 Å². The summed E-state index contributed by atoms with van der Waals surface area (Å²) in [5.74, 6) is -0.752. The Morgan fingerprint density at radius 1 is 1.26 bits per heavy atom. The summed E-state index contributed by atoms with van der Waals surface area (Å²) in [4.78, 5) is 39.4. The summed E-state index contributed by atoms with van der Waals surface area (Å²) >= 11 is 1.53. The molecule has 2 aliphatic rings. The number of carbonyl (C=O) groups is 3. The molecule has 0 radical (unpaired) electrons. The number of hydrogen-bond acceptors (Lipinski definition) is 5. The fraction of sp³-hybridized carbons (Fsp3) is 0.778. The van der Waals surface area contributed by atoms with Crippen LogP contribution in [0.4, 0.5) is 0 Å². The van der Waals surface area contributed by atoms with Gasteiger partial charge in [0.2, 0.25) is 11.7 Å². The van der Waals surface area contributed by atoms with Gasteiger partial charge in [0.1, 0.15) is 0 Å². The highest BCUT2D eigenvalue weighted by atomic mass is 35.5. The van der Waals surface area contributed by atoms with Crippen molar-refractivity contribution in [2.45, 2.75) is 58.4 Å². The van der Waals surface area contributed by atoms with Crippen molar-refractivity contribution in [3.63, 3.8) is 0 Å². The lowest BCUT2D eigenvalue weighted by Gasteiger charge is -2.26. The smallest absolute Gasteiger partial charge is 0.309 e. The van der Waals surface area contributed by atoms with Gasteiger partial charge in [0.15, 0.2) is 5.17 Å². The Labute approximate surface area is 171 Å². The van der Waals surface area contributed by atoms with Crippen molar-refractivity contribution in [3.05, 3.63) is 0 Å². The average Bonchev–Trinajstić information content (AvgIpc) is 3.08. The number of amidine groups is 1. The third-order valence-electron chi connectivity index (χ3n) is 5.23. The summed E-state index contributed by atoms with van der Waals surface area (Å²) in [6.45, 7) is 4.68. The van der Waals surface area contributed by atoms with Crippen LogP contribution in [0.2, 0.25) is 0 Å². The zero-order valence-electron chi connectivity index (χ0n) is 16.3. The second kappa shape index (κ2) is 11.5. The van der Waals surface area contributed by atoms with Crippen LogP contribution in [0.25, 0.3) is 0 Å². The van der Waals surface area contributed by atoms with Crippen LogP contribution in [-0.2, 0) is 14.4 Å². The summed E-state index contributed by atoms with van der Waals surface area (Å²) in [6, 6.07) is -0.802. The predicted molar refractivity (Wildman–Crippen MR) is 111 cm³/mol. The molecule has 2 N–H and O–H groups in total. The molecule has 0 aromatic carbocycles. The van der Waals surface area contributed by atoms with E-state index < -0.39 is 17.7 Å². The highest BCUT2D eigenvalue weighted by molar-refractivity contribution is 8.14. The number of ketones is 1.